The van der Waals surface area contributed by atoms with Crippen LogP contribution >= 0.6 is 28.1 Å². The van der Waals surface area contributed by atoms with Gasteiger partial charge in [0.15, 0.2) is 5.11 Å². The molecule has 0 spiro atoms. The smallest absolute Gasteiger partial charge is 0.264 e. The normalized spacial score (nSPS) is 10.0. The van der Waals surface area contributed by atoms with Crippen LogP contribution in [-0.4, -0.2) is 25.2 Å². The Morgan fingerprint density at radius 1 is 1.12 bits per heavy atom. The lowest BCUT2D eigenvalue weighted by Gasteiger charge is -2.15. The largest absolute Gasteiger partial charge is 0.496 e. The summed E-state index contributed by atoms with van der Waals surface area (Å²) in [4.78, 5) is 12.5. The van der Waals surface area contributed by atoms with Crippen molar-refractivity contribution >= 4 is 44.9 Å². The zero-order chi connectivity index (χ0) is 17.7. The van der Waals surface area contributed by atoms with Crippen molar-refractivity contribution in [2.75, 3.05) is 19.5 Å². The number of carbonyl (C=O) groups is 1. The van der Waals surface area contributed by atoms with E-state index in [9.17, 15) is 4.79 Å². The lowest BCUT2D eigenvalue weighted by Crippen LogP contribution is -2.34. The number of anilines is 1. The predicted molar refractivity (Wildman–Crippen MR) is 102 cm³/mol. The maximum absolute atomic E-state index is 12.5. The number of aryl methyl sites for hydroxylation is 1. The molecule has 2 N–H and O–H groups in total. The van der Waals surface area contributed by atoms with Crippen molar-refractivity contribution in [3.05, 3.63) is 52.0 Å². The number of nitrogens with one attached hydrogen (secondary N) is 2. The Kier molecular flexibility index (Phi) is 6.16. The lowest BCUT2D eigenvalue weighted by molar-refractivity contribution is 0.0971. The lowest BCUT2D eigenvalue weighted by atomic mass is 10.1. The van der Waals surface area contributed by atoms with Crippen LogP contribution < -0.4 is 20.1 Å². The summed E-state index contributed by atoms with van der Waals surface area (Å²) in [6, 6.07) is 10.8. The number of benzene rings is 2. The van der Waals surface area contributed by atoms with Gasteiger partial charge in [-0.05, 0) is 55.0 Å². The fourth-order valence-electron chi connectivity index (χ4n) is 2.16. The number of amides is 1. The summed E-state index contributed by atoms with van der Waals surface area (Å²) in [6.07, 6.45) is 0. The molecule has 0 saturated carbocycles. The maximum Gasteiger partial charge on any atom is 0.264 e. The van der Waals surface area contributed by atoms with Crippen LogP contribution in [0, 0.1) is 6.92 Å². The van der Waals surface area contributed by atoms with Gasteiger partial charge in [-0.3, -0.25) is 10.1 Å². The van der Waals surface area contributed by atoms with E-state index in [0.29, 0.717) is 17.1 Å². The summed E-state index contributed by atoms with van der Waals surface area (Å²) in [6.45, 7) is 1.95. The van der Waals surface area contributed by atoms with Crippen LogP contribution in [0.15, 0.2) is 40.9 Å². The number of carbonyl (C=O) groups excluding carboxylic acids is 1. The number of hydrogen-bond donors (Lipinski definition) is 2. The van der Waals surface area contributed by atoms with Crippen LogP contribution in [0.2, 0.25) is 0 Å². The highest BCUT2D eigenvalue weighted by Crippen LogP contribution is 2.28. The Hall–Kier alpha value is -2.12. The first kappa shape index (κ1) is 18.2. The number of hydrogen-bond acceptors (Lipinski definition) is 4. The fraction of sp³-hybridized carbons (Fsp3) is 0.176. The number of rotatable bonds is 4. The van der Waals surface area contributed by atoms with Gasteiger partial charge in [0.2, 0.25) is 0 Å². The molecule has 2 aromatic carbocycles. The Morgan fingerprint density at radius 3 is 2.29 bits per heavy atom. The molecule has 0 aliphatic carbocycles. The van der Waals surface area contributed by atoms with Crippen molar-refractivity contribution in [2.45, 2.75) is 6.92 Å². The van der Waals surface area contributed by atoms with Crippen molar-refractivity contribution in [3.8, 4) is 11.5 Å². The van der Waals surface area contributed by atoms with Crippen LogP contribution in [-0.2, 0) is 0 Å². The summed E-state index contributed by atoms with van der Waals surface area (Å²) in [7, 11) is 2.99. The zero-order valence-electron chi connectivity index (χ0n) is 13.5. The van der Waals surface area contributed by atoms with Crippen molar-refractivity contribution in [2.24, 2.45) is 0 Å². The van der Waals surface area contributed by atoms with E-state index < -0.39 is 5.91 Å². The average molecular weight is 409 g/mol. The minimum absolute atomic E-state index is 0.193. The van der Waals surface area contributed by atoms with Crippen LogP contribution in [0.4, 0.5) is 5.69 Å². The van der Waals surface area contributed by atoms with Gasteiger partial charge in [0.05, 0.1) is 14.2 Å². The number of halogens is 1. The van der Waals surface area contributed by atoms with Crippen LogP contribution in [0.3, 0.4) is 0 Å². The number of thiocarbonyl (C=S) groups is 1. The Labute approximate surface area is 154 Å². The molecule has 2 rings (SSSR count). The van der Waals surface area contributed by atoms with Gasteiger partial charge in [-0.25, -0.2) is 0 Å². The SMILES string of the molecule is COc1cccc(OC)c1C(=O)NC(=S)Nc1ccc(Br)cc1C. The molecule has 0 aliphatic rings. The van der Waals surface area contributed by atoms with E-state index in [-0.39, 0.29) is 5.11 Å². The molecule has 0 radical (unpaired) electrons. The predicted octanol–water partition coefficient (Wildman–Crippen LogP) is 3.90. The van der Waals surface area contributed by atoms with Gasteiger partial charge in [0.1, 0.15) is 17.1 Å². The summed E-state index contributed by atoms with van der Waals surface area (Å²) in [5, 5.41) is 5.85. The summed E-state index contributed by atoms with van der Waals surface area (Å²) in [5.74, 6) is 0.417. The van der Waals surface area contributed by atoms with E-state index in [0.717, 1.165) is 15.7 Å². The summed E-state index contributed by atoms with van der Waals surface area (Å²) < 4.78 is 11.4. The van der Waals surface area contributed by atoms with E-state index >= 15 is 0 Å². The Morgan fingerprint density at radius 2 is 1.75 bits per heavy atom. The molecule has 7 heteroatoms. The highest BCUT2D eigenvalue weighted by atomic mass is 79.9. The molecule has 1 amide bonds. The number of methoxy groups -OCH3 is 2. The third-order valence-electron chi connectivity index (χ3n) is 3.32. The van der Waals surface area contributed by atoms with Gasteiger partial charge in [-0.15, -0.1) is 0 Å². The molecule has 126 valence electrons. The molecule has 0 fully saturated rings. The summed E-state index contributed by atoms with van der Waals surface area (Å²) in [5.41, 5.74) is 2.10. The average Bonchev–Trinajstić information content (AvgIpc) is 2.56. The maximum atomic E-state index is 12.5. The van der Waals surface area contributed by atoms with Gasteiger partial charge in [-0.2, -0.15) is 0 Å². The van der Waals surface area contributed by atoms with E-state index in [1.54, 1.807) is 18.2 Å². The minimum Gasteiger partial charge on any atom is -0.496 e. The van der Waals surface area contributed by atoms with Crippen LogP contribution in [0.1, 0.15) is 15.9 Å². The highest BCUT2D eigenvalue weighted by Gasteiger charge is 2.19. The molecule has 0 unspecified atom stereocenters. The quantitative estimate of drug-likeness (QED) is 0.751. The Balaban J connectivity index is 2.16. The van der Waals surface area contributed by atoms with Gasteiger partial charge in [-0.1, -0.05) is 22.0 Å². The molecular formula is C17H17BrN2O3S. The van der Waals surface area contributed by atoms with Crippen LogP contribution in [0.5, 0.6) is 11.5 Å². The molecule has 0 heterocycles. The molecular weight excluding hydrogens is 392 g/mol. The first-order valence-electron chi connectivity index (χ1n) is 7.05. The van der Waals surface area contributed by atoms with Gasteiger partial charge in [0, 0.05) is 10.2 Å². The molecule has 0 bridgehead atoms. The second-order valence-corrected chi connectivity index (χ2v) is 6.23. The molecule has 0 aromatic heterocycles. The van der Waals surface area contributed by atoms with Crippen molar-refractivity contribution in [1.82, 2.24) is 5.32 Å². The van der Waals surface area contributed by atoms with E-state index in [2.05, 4.69) is 26.6 Å². The van der Waals surface area contributed by atoms with Gasteiger partial charge in [0.25, 0.3) is 5.91 Å². The standard InChI is InChI=1S/C17H17BrN2O3S/c1-10-9-11(18)7-8-12(10)19-17(24)20-16(21)15-13(22-2)5-4-6-14(15)23-3/h4-9H,1-3H3,(H2,19,20,21,24). The second-order valence-electron chi connectivity index (χ2n) is 4.91. The third-order valence-corrected chi connectivity index (χ3v) is 4.02. The fourth-order valence-corrected chi connectivity index (χ4v) is 2.84. The first-order chi connectivity index (χ1) is 11.5. The zero-order valence-corrected chi connectivity index (χ0v) is 15.9. The van der Waals surface area contributed by atoms with Gasteiger partial charge < -0.3 is 14.8 Å². The van der Waals surface area contributed by atoms with Crippen molar-refractivity contribution in [1.29, 1.82) is 0 Å². The van der Waals surface area contributed by atoms with Crippen molar-refractivity contribution in [3.63, 3.8) is 0 Å². The molecule has 2 aromatic rings. The molecule has 0 atom stereocenters. The molecule has 5 nitrogen and oxygen atoms in total. The third kappa shape index (κ3) is 4.24. The molecule has 0 saturated heterocycles. The monoisotopic (exact) mass is 408 g/mol. The number of ether oxygens (including phenoxy) is 2. The molecule has 0 aliphatic heterocycles. The molecule has 24 heavy (non-hydrogen) atoms. The van der Waals surface area contributed by atoms with E-state index in [4.69, 9.17) is 21.7 Å². The summed E-state index contributed by atoms with van der Waals surface area (Å²) >= 11 is 8.63. The topological polar surface area (TPSA) is 59.6 Å². The van der Waals surface area contributed by atoms with E-state index in [1.165, 1.54) is 14.2 Å². The van der Waals surface area contributed by atoms with Crippen LogP contribution in [0.25, 0.3) is 0 Å². The second kappa shape index (κ2) is 8.12. The Bertz CT molecular complexity index is 758. The van der Waals surface area contributed by atoms with Crippen molar-refractivity contribution < 1.29 is 14.3 Å². The first-order valence-corrected chi connectivity index (χ1v) is 8.26. The van der Waals surface area contributed by atoms with Gasteiger partial charge >= 0.3 is 0 Å². The van der Waals surface area contributed by atoms with E-state index in [1.807, 2.05) is 25.1 Å². The minimum atomic E-state index is -0.406. The highest BCUT2D eigenvalue weighted by molar-refractivity contribution is 9.10.